The van der Waals surface area contributed by atoms with Gasteiger partial charge in [-0.3, -0.25) is 14.5 Å². The van der Waals surface area contributed by atoms with E-state index in [1.165, 1.54) is 0 Å². The monoisotopic (exact) mass is 337 g/mol. The van der Waals surface area contributed by atoms with Crippen LogP contribution < -0.4 is 9.47 Å². The van der Waals surface area contributed by atoms with Gasteiger partial charge in [0.05, 0.1) is 4.91 Å². The second-order valence-corrected chi connectivity index (χ2v) is 6.24. The molecule has 1 saturated heterocycles. The number of ether oxygens (including phenoxy) is 2. The molecule has 0 saturated carbocycles. The number of aliphatic carboxylic acids is 1. The molecule has 8 heteroatoms. The highest BCUT2D eigenvalue weighted by molar-refractivity contribution is 8.26. The summed E-state index contributed by atoms with van der Waals surface area (Å²) < 4.78 is 11.2. The molecule has 3 rings (SSSR count). The molecule has 6 nitrogen and oxygen atoms in total. The van der Waals surface area contributed by atoms with Gasteiger partial charge < -0.3 is 14.6 Å². The van der Waals surface area contributed by atoms with E-state index in [0.29, 0.717) is 29.6 Å². The maximum absolute atomic E-state index is 12.2. The molecule has 1 fully saturated rings. The first-order chi connectivity index (χ1) is 10.5. The summed E-state index contributed by atoms with van der Waals surface area (Å²) in [6.07, 6.45) is 1.67. The summed E-state index contributed by atoms with van der Waals surface area (Å²) in [5, 5.41) is 8.81. The van der Waals surface area contributed by atoms with Crippen LogP contribution in [0.15, 0.2) is 23.1 Å². The van der Waals surface area contributed by atoms with Gasteiger partial charge in [-0.15, -0.1) is 0 Å². The molecule has 0 bridgehead atoms. The summed E-state index contributed by atoms with van der Waals surface area (Å²) in [4.78, 5) is 24.4. The Balaban J connectivity index is 1.85. The Morgan fingerprint density at radius 2 is 2.09 bits per heavy atom. The number of carboxylic acid groups (broad SMARTS) is 1. The largest absolute Gasteiger partial charge is 0.486 e. The fourth-order valence-corrected chi connectivity index (χ4v) is 3.33. The minimum absolute atomic E-state index is 0.246. The van der Waals surface area contributed by atoms with Crippen LogP contribution in [0.25, 0.3) is 6.08 Å². The maximum Gasteiger partial charge on any atom is 0.323 e. The normalized spacial score (nSPS) is 18.9. The number of thioether (sulfide) groups is 1. The van der Waals surface area contributed by atoms with E-state index in [0.717, 1.165) is 22.2 Å². The predicted octanol–water partition coefficient (Wildman–Crippen LogP) is 1.74. The topological polar surface area (TPSA) is 76.1 Å². The van der Waals surface area contributed by atoms with Gasteiger partial charge >= 0.3 is 5.97 Å². The van der Waals surface area contributed by atoms with Crippen molar-refractivity contribution in [3.63, 3.8) is 0 Å². The van der Waals surface area contributed by atoms with Crippen molar-refractivity contribution in [1.82, 2.24) is 4.90 Å². The van der Waals surface area contributed by atoms with Gasteiger partial charge in [0.1, 0.15) is 24.1 Å². The number of fused-ring (bicyclic) bond motifs is 1. The molecule has 1 amide bonds. The van der Waals surface area contributed by atoms with Crippen LogP contribution in [0.2, 0.25) is 0 Å². The van der Waals surface area contributed by atoms with Crippen LogP contribution in [-0.2, 0) is 9.59 Å². The predicted molar refractivity (Wildman–Crippen MR) is 84.9 cm³/mol. The van der Waals surface area contributed by atoms with Gasteiger partial charge in [-0.2, -0.15) is 0 Å². The molecule has 0 aromatic heterocycles. The lowest BCUT2D eigenvalue weighted by molar-refractivity contribution is -0.140. The third-order valence-electron chi connectivity index (χ3n) is 3.03. The van der Waals surface area contributed by atoms with Crippen molar-refractivity contribution in [2.24, 2.45) is 0 Å². The smallest absolute Gasteiger partial charge is 0.323 e. The molecule has 2 aliphatic heterocycles. The van der Waals surface area contributed by atoms with Crippen molar-refractivity contribution in [2.75, 3.05) is 19.8 Å². The van der Waals surface area contributed by atoms with Crippen molar-refractivity contribution in [1.29, 1.82) is 0 Å². The summed E-state index contributed by atoms with van der Waals surface area (Å²) in [6, 6.07) is 5.35. The Kier molecular flexibility index (Phi) is 4.04. The fraction of sp³-hybridized carbons (Fsp3) is 0.214. The summed E-state index contributed by atoms with van der Waals surface area (Å²) in [7, 11) is 0. The number of carbonyl (C=O) groups excluding carboxylic acids is 1. The van der Waals surface area contributed by atoms with Gasteiger partial charge in [0.15, 0.2) is 11.5 Å². The molecule has 1 aromatic carbocycles. The Bertz CT molecular complexity index is 700. The molecular formula is C14H11NO5S2. The zero-order chi connectivity index (χ0) is 15.7. The third-order valence-corrected chi connectivity index (χ3v) is 4.41. The van der Waals surface area contributed by atoms with Crippen LogP contribution in [0.5, 0.6) is 11.5 Å². The van der Waals surface area contributed by atoms with E-state index >= 15 is 0 Å². The number of hydrogen-bond donors (Lipinski definition) is 1. The van der Waals surface area contributed by atoms with E-state index in [1.54, 1.807) is 24.3 Å². The highest BCUT2D eigenvalue weighted by atomic mass is 32.2. The summed E-state index contributed by atoms with van der Waals surface area (Å²) in [6.45, 7) is 0.570. The lowest BCUT2D eigenvalue weighted by Crippen LogP contribution is -2.33. The van der Waals surface area contributed by atoms with E-state index in [-0.39, 0.29) is 4.32 Å². The van der Waals surface area contributed by atoms with Crippen LogP contribution in [0.1, 0.15) is 5.56 Å². The standard InChI is InChI=1S/C14H11NO5S2/c16-12(17)7-15-13(18)11(22-14(15)21)6-8-1-2-9-10(5-8)20-4-3-19-9/h1-2,5-6H,3-4,7H2,(H,16,17)/b11-6-. The van der Waals surface area contributed by atoms with Crippen molar-refractivity contribution in [2.45, 2.75) is 0 Å². The van der Waals surface area contributed by atoms with Crippen LogP contribution in [0.3, 0.4) is 0 Å². The number of rotatable bonds is 3. The first kappa shape index (κ1) is 14.9. The molecule has 0 atom stereocenters. The summed E-state index contributed by atoms with van der Waals surface area (Å²) in [5.74, 6) is -0.202. The highest BCUT2D eigenvalue weighted by Gasteiger charge is 2.33. The Labute approximate surface area is 135 Å². The first-order valence-electron chi connectivity index (χ1n) is 6.41. The second kappa shape index (κ2) is 5.98. The lowest BCUT2D eigenvalue weighted by Gasteiger charge is -2.18. The zero-order valence-electron chi connectivity index (χ0n) is 11.3. The molecule has 0 unspecified atom stereocenters. The summed E-state index contributed by atoms with van der Waals surface area (Å²) >= 11 is 6.14. The van der Waals surface area contributed by atoms with Crippen LogP contribution in [0.4, 0.5) is 0 Å². The van der Waals surface area contributed by atoms with Crippen molar-refractivity contribution in [3.8, 4) is 11.5 Å². The Morgan fingerprint density at radius 1 is 1.36 bits per heavy atom. The Hall–Kier alpha value is -2.06. The zero-order valence-corrected chi connectivity index (χ0v) is 12.9. The molecule has 0 spiro atoms. The van der Waals surface area contributed by atoms with Gasteiger partial charge in [0.25, 0.3) is 5.91 Å². The molecule has 2 heterocycles. The Morgan fingerprint density at radius 3 is 2.82 bits per heavy atom. The van der Waals surface area contributed by atoms with E-state index in [1.807, 2.05) is 0 Å². The fourth-order valence-electron chi connectivity index (χ4n) is 2.07. The third kappa shape index (κ3) is 2.93. The molecule has 2 aliphatic rings. The number of amides is 1. The van der Waals surface area contributed by atoms with Crippen molar-refractivity contribution < 1.29 is 24.2 Å². The van der Waals surface area contributed by atoms with E-state index in [2.05, 4.69) is 0 Å². The van der Waals surface area contributed by atoms with Crippen LogP contribution >= 0.6 is 24.0 Å². The van der Waals surface area contributed by atoms with E-state index < -0.39 is 18.4 Å². The van der Waals surface area contributed by atoms with E-state index in [4.69, 9.17) is 26.8 Å². The molecule has 1 N–H and O–H groups in total. The van der Waals surface area contributed by atoms with Crippen molar-refractivity contribution in [3.05, 3.63) is 28.7 Å². The number of carbonyl (C=O) groups is 2. The molecular weight excluding hydrogens is 326 g/mol. The minimum atomic E-state index is -1.10. The average Bonchev–Trinajstić information content (AvgIpc) is 2.74. The average molecular weight is 337 g/mol. The van der Waals surface area contributed by atoms with Crippen LogP contribution in [-0.4, -0.2) is 46.0 Å². The second-order valence-electron chi connectivity index (χ2n) is 4.56. The minimum Gasteiger partial charge on any atom is -0.486 e. The molecule has 0 aliphatic carbocycles. The lowest BCUT2D eigenvalue weighted by atomic mass is 10.1. The van der Waals surface area contributed by atoms with Gasteiger partial charge in [-0.05, 0) is 23.8 Å². The first-order valence-corrected chi connectivity index (χ1v) is 7.64. The van der Waals surface area contributed by atoms with Gasteiger partial charge in [-0.25, -0.2) is 0 Å². The maximum atomic E-state index is 12.2. The quantitative estimate of drug-likeness (QED) is 0.665. The molecule has 0 radical (unpaired) electrons. The number of thiocarbonyl (C=S) groups is 1. The van der Waals surface area contributed by atoms with E-state index in [9.17, 15) is 9.59 Å². The molecule has 22 heavy (non-hydrogen) atoms. The number of benzene rings is 1. The highest BCUT2D eigenvalue weighted by Crippen LogP contribution is 2.35. The van der Waals surface area contributed by atoms with Gasteiger partial charge in [0, 0.05) is 0 Å². The molecule has 114 valence electrons. The van der Waals surface area contributed by atoms with Gasteiger partial charge in [0.2, 0.25) is 0 Å². The number of carboxylic acids is 1. The molecule has 1 aromatic rings. The van der Waals surface area contributed by atoms with Gasteiger partial charge in [-0.1, -0.05) is 30.0 Å². The SMILES string of the molecule is O=C(O)CN1C(=O)/C(=C/c2ccc3c(c2)OCCO3)SC1=S. The van der Waals surface area contributed by atoms with Crippen LogP contribution in [0, 0.1) is 0 Å². The summed E-state index contributed by atoms with van der Waals surface area (Å²) in [5.41, 5.74) is 0.764. The number of hydrogen-bond acceptors (Lipinski definition) is 6. The number of nitrogens with zero attached hydrogens (tertiary/aromatic N) is 1. The van der Waals surface area contributed by atoms with Crippen molar-refractivity contribution >= 4 is 46.3 Å².